The van der Waals surface area contributed by atoms with Gasteiger partial charge in [0.1, 0.15) is 0 Å². The summed E-state index contributed by atoms with van der Waals surface area (Å²) in [4.78, 5) is 15.8. The van der Waals surface area contributed by atoms with Gasteiger partial charge in [-0.2, -0.15) is 0 Å². The fourth-order valence-corrected chi connectivity index (χ4v) is 3.43. The number of hydrogen-bond donors (Lipinski definition) is 0. The minimum absolute atomic E-state index is 0.271. The van der Waals surface area contributed by atoms with E-state index < -0.39 is 0 Å². The van der Waals surface area contributed by atoms with Gasteiger partial charge in [-0.1, -0.05) is 24.0 Å². The van der Waals surface area contributed by atoms with Crippen LogP contribution in [0.2, 0.25) is 0 Å². The van der Waals surface area contributed by atoms with Crippen LogP contribution < -0.4 is 0 Å². The van der Waals surface area contributed by atoms with E-state index in [9.17, 15) is 4.79 Å². The molecule has 2 atom stereocenters. The predicted molar refractivity (Wildman–Crippen MR) is 75.4 cm³/mol. The fraction of sp³-hybridized carbons (Fsp3) is 0.688. The van der Waals surface area contributed by atoms with Gasteiger partial charge >= 0.3 is 0 Å². The van der Waals surface area contributed by atoms with Crippen molar-refractivity contribution in [2.75, 3.05) is 32.7 Å². The molecule has 2 saturated heterocycles. The normalized spacial score (nSPS) is 30.3. The van der Waals surface area contributed by atoms with Crippen molar-refractivity contribution < 1.29 is 4.79 Å². The highest BCUT2D eigenvalue weighted by atomic mass is 16.2. The molecule has 1 amide bonds. The van der Waals surface area contributed by atoms with Crippen LogP contribution in [0.1, 0.15) is 25.7 Å². The molecule has 19 heavy (non-hydrogen) atoms. The zero-order chi connectivity index (χ0) is 13.1. The van der Waals surface area contributed by atoms with Crippen molar-refractivity contribution in [2.24, 2.45) is 11.8 Å². The molecule has 0 aromatic carbocycles. The van der Waals surface area contributed by atoms with Gasteiger partial charge in [0, 0.05) is 26.1 Å². The Kier molecular flexibility index (Phi) is 3.89. The SMILES string of the molecule is O=C1CCCN1CC#CCN1C[C@@H]2CC=CC[C@H]2C1. The van der Waals surface area contributed by atoms with E-state index in [-0.39, 0.29) is 5.91 Å². The molecule has 0 N–H and O–H groups in total. The van der Waals surface area contributed by atoms with Crippen LogP contribution in [-0.4, -0.2) is 48.4 Å². The number of carbonyl (C=O) groups is 1. The lowest BCUT2D eigenvalue weighted by molar-refractivity contribution is -0.127. The molecule has 0 unspecified atom stereocenters. The maximum atomic E-state index is 11.4. The van der Waals surface area contributed by atoms with Gasteiger partial charge in [0.15, 0.2) is 0 Å². The zero-order valence-electron chi connectivity index (χ0n) is 11.5. The van der Waals surface area contributed by atoms with Crippen molar-refractivity contribution in [3.05, 3.63) is 12.2 Å². The van der Waals surface area contributed by atoms with Crippen LogP contribution in [-0.2, 0) is 4.79 Å². The molecule has 3 nitrogen and oxygen atoms in total. The quantitative estimate of drug-likeness (QED) is 0.554. The molecule has 0 bridgehead atoms. The lowest BCUT2D eigenvalue weighted by atomic mass is 9.86. The van der Waals surface area contributed by atoms with Crippen LogP contribution >= 0.6 is 0 Å². The lowest BCUT2D eigenvalue weighted by Crippen LogP contribution is -2.25. The van der Waals surface area contributed by atoms with Gasteiger partial charge in [0.25, 0.3) is 0 Å². The van der Waals surface area contributed by atoms with Gasteiger partial charge in [0.2, 0.25) is 5.91 Å². The summed E-state index contributed by atoms with van der Waals surface area (Å²) in [5.41, 5.74) is 0. The number of carbonyl (C=O) groups excluding carboxylic acids is 1. The molecule has 102 valence electrons. The Labute approximate surface area is 115 Å². The monoisotopic (exact) mass is 258 g/mol. The Bertz CT molecular complexity index is 416. The van der Waals surface area contributed by atoms with Gasteiger partial charge < -0.3 is 4.90 Å². The lowest BCUT2D eigenvalue weighted by Gasteiger charge is -2.18. The van der Waals surface area contributed by atoms with Gasteiger partial charge in [0.05, 0.1) is 13.1 Å². The van der Waals surface area contributed by atoms with Crippen molar-refractivity contribution in [3.63, 3.8) is 0 Å². The van der Waals surface area contributed by atoms with Gasteiger partial charge in [-0.3, -0.25) is 9.69 Å². The standard InChI is InChI=1S/C16H22N2O/c19-16-8-5-11-18(16)10-4-3-9-17-12-14-6-1-2-7-15(14)13-17/h1-2,14-15H,5-13H2/t14-,15-/m0/s1. The Morgan fingerprint density at radius 3 is 2.42 bits per heavy atom. The summed E-state index contributed by atoms with van der Waals surface area (Å²) in [7, 11) is 0. The Morgan fingerprint density at radius 2 is 1.79 bits per heavy atom. The molecule has 1 aliphatic carbocycles. The van der Waals surface area contributed by atoms with E-state index in [2.05, 4.69) is 28.9 Å². The molecule has 2 aliphatic heterocycles. The van der Waals surface area contributed by atoms with E-state index >= 15 is 0 Å². The van der Waals surface area contributed by atoms with Crippen molar-refractivity contribution in [3.8, 4) is 11.8 Å². The first-order valence-corrected chi connectivity index (χ1v) is 7.44. The number of hydrogen-bond acceptors (Lipinski definition) is 2. The third-order valence-electron chi connectivity index (χ3n) is 4.57. The molecule has 3 aliphatic rings. The molecule has 2 heterocycles. The van der Waals surface area contributed by atoms with E-state index in [0.717, 1.165) is 31.3 Å². The molecular formula is C16H22N2O. The van der Waals surface area contributed by atoms with E-state index in [0.29, 0.717) is 13.0 Å². The van der Waals surface area contributed by atoms with Crippen LogP contribution in [0.25, 0.3) is 0 Å². The van der Waals surface area contributed by atoms with E-state index in [4.69, 9.17) is 0 Å². The predicted octanol–water partition coefficient (Wildman–Crippen LogP) is 1.51. The first-order valence-electron chi connectivity index (χ1n) is 7.44. The molecule has 0 saturated carbocycles. The van der Waals surface area contributed by atoms with E-state index in [1.54, 1.807) is 0 Å². The Hall–Kier alpha value is -1.27. The molecule has 0 aromatic rings. The van der Waals surface area contributed by atoms with Crippen LogP contribution in [0.3, 0.4) is 0 Å². The fourth-order valence-electron chi connectivity index (χ4n) is 3.43. The van der Waals surface area contributed by atoms with Crippen molar-refractivity contribution in [1.29, 1.82) is 0 Å². The second-order valence-corrected chi connectivity index (χ2v) is 5.93. The van der Waals surface area contributed by atoms with E-state index in [1.165, 1.54) is 25.9 Å². The smallest absolute Gasteiger partial charge is 0.223 e. The van der Waals surface area contributed by atoms with E-state index in [1.807, 2.05) is 4.90 Å². The summed E-state index contributed by atoms with van der Waals surface area (Å²) < 4.78 is 0. The summed E-state index contributed by atoms with van der Waals surface area (Å²) in [5.74, 6) is 8.39. The zero-order valence-corrected chi connectivity index (χ0v) is 11.5. The van der Waals surface area contributed by atoms with Crippen molar-refractivity contribution in [1.82, 2.24) is 9.80 Å². The number of allylic oxidation sites excluding steroid dienone is 2. The number of amides is 1. The number of likely N-dealkylation sites (tertiary alicyclic amines) is 2. The highest BCUT2D eigenvalue weighted by Crippen LogP contribution is 2.32. The number of nitrogens with zero attached hydrogens (tertiary/aromatic N) is 2. The van der Waals surface area contributed by atoms with Crippen molar-refractivity contribution >= 4 is 5.91 Å². The third kappa shape index (κ3) is 3.01. The second-order valence-electron chi connectivity index (χ2n) is 5.93. The van der Waals surface area contributed by atoms with Gasteiger partial charge in [-0.15, -0.1) is 0 Å². The van der Waals surface area contributed by atoms with Crippen molar-refractivity contribution in [2.45, 2.75) is 25.7 Å². The summed E-state index contributed by atoms with van der Waals surface area (Å²) >= 11 is 0. The third-order valence-corrected chi connectivity index (χ3v) is 4.57. The Balaban J connectivity index is 1.42. The number of rotatable bonds is 2. The molecule has 2 fully saturated rings. The molecule has 0 aromatic heterocycles. The van der Waals surface area contributed by atoms with Gasteiger partial charge in [-0.25, -0.2) is 0 Å². The highest BCUT2D eigenvalue weighted by Gasteiger charge is 2.31. The molecule has 0 radical (unpaired) electrons. The topological polar surface area (TPSA) is 23.6 Å². The largest absolute Gasteiger partial charge is 0.332 e. The molecule has 0 spiro atoms. The maximum Gasteiger partial charge on any atom is 0.223 e. The first kappa shape index (κ1) is 12.7. The maximum absolute atomic E-state index is 11.4. The average molecular weight is 258 g/mol. The van der Waals surface area contributed by atoms with Gasteiger partial charge in [-0.05, 0) is 31.1 Å². The number of fused-ring (bicyclic) bond motifs is 1. The van der Waals surface area contributed by atoms with Crippen LogP contribution in [0.15, 0.2) is 12.2 Å². The van der Waals surface area contributed by atoms with Crippen LogP contribution in [0, 0.1) is 23.7 Å². The second kappa shape index (κ2) is 5.79. The summed E-state index contributed by atoms with van der Waals surface area (Å²) in [6, 6.07) is 0. The molecular weight excluding hydrogens is 236 g/mol. The Morgan fingerprint density at radius 1 is 1.11 bits per heavy atom. The average Bonchev–Trinajstić information content (AvgIpc) is 3.00. The summed E-state index contributed by atoms with van der Waals surface area (Å²) in [6.45, 7) is 4.79. The summed E-state index contributed by atoms with van der Waals surface area (Å²) in [5, 5.41) is 0. The summed E-state index contributed by atoms with van der Waals surface area (Å²) in [6.07, 6.45) is 8.87. The molecule has 3 heteroatoms. The highest BCUT2D eigenvalue weighted by molar-refractivity contribution is 5.78. The minimum atomic E-state index is 0.271. The van der Waals surface area contributed by atoms with Crippen LogP contribution in [0.4, 0.5) is 0 Å². The first-order chi connectivity index (χ1) is 9.33. The van der Waals surface area contributed by atoms with Crippen LogP contribution in [0.5, 0.6) is 0 Å². The molecule has 3 rings (SSSR count). The minimum Gasteiger partial charge on any atom is -0.332 e.